The molecule has 0 amide bonds. The molecule has 0 unspecified atom stereocenters. The molecule has 0 aromatic rings. The molecule has 8 heavy (non-hydrogen) atoms. The summed E-state index contributed by atoms with van der Waals surface area (Å²) in [5.41, 5.74) is 0.245. The van der Waals surface area contributed by atoms with E-state index in [1.54, 1.807) is 0 Å². The summed E-state index contributed by atoms with van der Waals surface area (Å²) in [6.07, 6.45) is 1.96. The number of nitrogens with one attached hydrogen (secondary N) is 1. The number of rotatable bonds is 3. The molecule has 0 aliphatic heterocycles. The van der Waals surface area contributed by atoms with Gasteiger partial charge in [-0.15, -0.1) is 6.58 Å². The first-order chi connectivity index (χ1) is 3.62. The van der Waals surface area contributed by atoms with Crippen molar-refractivity contribution in [2.24, 2.45) is 5.41 Å². The molecule has 0 saturated carbocycles. The molecule has 1 nitrogen and oxygen atoms in total. The van der Waals surface area contributed by atoms with Crippen LogP contribution in [0, 0.1) is 5.41 Å². The average Bonchev–Trinajstić information content (AvgIpc) is 1.67. The predicted octanol–water partition coefficient (Wildman–Crippen LogP) is 1.42. The van der Waals surface area contributed by atoms with Gasteiger partial charge >= 0.3 is 0 Å². The van der Waals surface area contributed by atoms with Crippen LogP contribution in [0.15, 0.2) is 12.7 Å². The maximum atomic E-state index is 3.71. The summed E-state index contributed by atoms with van der Waals surface area (Å²) < 4.78 is 0. The zero-order valence-electron chi connectivity index (χ0n) is 5.99. The third-order valence-electron chi connectivity index (χ3n) is 1.18. The summed E-state index contributed by atoms with van der Waals surface area (Å²) in [5.74, 6) is 0. The molecule has 0 aliphatic rings. The van der Waals surface area contributed by atoms with Crippen molar-refractivity contribution in [1.29, 1.82) is 0 Å². The van der Waals surface area contributed by atoms with Gasteiger partial charge in [0, 0.05) is 6.54 Å². The van der Waals surface area contributed by atoms with Crippen molar-refractivity contribution in [2.75, 3.05) is 13.6 Å². The zero-order chi connectivity index (χ0) is 6.62. The second-order valence-corrected chi connectivity index (χ2v) is 2.72. The predicted molar refractivity (Wildman–Crippen MR) is 37.9 cm³/mol. The second kappa shape index (κ2) is 2.88. The minimum atomic E-state index is 0.245. The van der Waals surface area contributed by atoms with Gasteiger partial charge in [0.1, 0.15) is 0 Å². The van der Waals surface area contributed by atoms with Crippen molar-refractivity contribution >= 4 is 0 Å². The van der Waals surface area contributed by atoms with Crippen LogP contribution in [0.3, 0.4) is 0 Å². The van der Waals surface area contributed by atoms with Crippen LogP contribution in [0.1, 0.15) is 13.8 Å². The van der Waals surface area contributed by atoms with Gasteiger partial charge < -0.3 is 5.32 Å². The molecule has 1 heteroatoms. The highest BCUT2D eigenvalue weighted by Crippen LogP contribution is 2.12. The van der Waals surface area contributed by atoms with Gasteiger partial charge in [0.2, 0.25) is 0 Å². The summed E-state index contributed by atoms with van der Waals surface area (Å²) in [5, 5.41) is 3.09. The second-order valence-electron chi connectivity index (χ2n) is 2.72. The van der Waals surface area contributed by atoms with Crippen LogP contribution in [0.5, 0.6) is 0 Å². The molecule has 0 atom stereocenters. The normalized spacial score (nSPS) is 11.4. The number of hydrogen-bond acceptors (Lipinski definition) is 1. The lowest BCUT2D eigenvalue weighted by Crippen LogP contribution is -2.24. The topological polar surface area (TPSA) is 12.0 Å². The minimum Gasteiger partial charge on any atom is -0.319 e. The Bertz CT molecular complexity index is 74.5. The Morgan fingerprint density at radius 1 is 1.62 bits per heavy atom. The Kier molecular flexibility index (Phi) is 2.77. The van der Waals surface area contributed by atoms with E-state index in [1.165, 1.54) is 0 Å². The fourth-order valence-electron chi connectivity index (χ4n) is 0.528. The maximum Gasteiger partial charge on any atom is 0.00341 e. The van der Waals surface area contributed by atoms with E-state index in [2.05, 4.69) is 25.7 Å². The molecule has 0 fully saturated rings. The molecule has 0 aromatic carbocycles. The molecule has 0 heterocycles. The quantitative estimate of drug-likeness (QED) is 0.546. The smallest absolute Gasteiger partial charge is 0.00341 e. The van der Waals surface area contributed by atoms with E-state index in [-0.39, 0.29) is 5.41 Å². The molecule has 0 spiro atoms. The van der Waals surface area contributed by atoms with Crippen molar-refractivity contribution in [3.63, 3.8) is 0 Å². The first-order valence-corrected chi connectivity index (χ1v) is 2.90. The largest absolute Gasteiger partial charge is 0.319 e. The van der Waals surface area contributed by atoms with E-state index in [0.717, 1.165) is 6.54 Å². The van der Waals surface area contributed by atoms with Crippen LogP contribution < -0.4 is 5.32 Å². The van der Waals surface area contributed by atoms with Crippen molar-refractivity contribution in [3.8, 4) is 0 Å². The van der Waals surface area contributed by atoms with Gasteiger partial charge in [0.15, 0.2) is 0 Å². The van der Waals surface area contributed by atoms with E-state index >= 15 is 0 Å². The standard InChI is InChI=1S/C7H15N/c1-5-7(2,3)6-8-4/h5,8H,1,6H2,2-4H3. The lowest BCUT2D eigenvalue weighted by molar-refractivity contribution is 0.455. The van der Waals surface area contributed by atoms with Gasteiger partial charge in [0.25, 0.3) is 0 Å². The van der Waals surface area contributed by atoms with Gasteiger partial charge in [0.05, 0.1) is 0 Å². The SMILES string of the molecule is C=CC(C)(C)CNC. The minimum absolute atomic E-state index is 0.245. The van der Waals surface area contributed by atoms with Gasteiger partial charge in [-0.25, -0.2) is 0 Å². The molecule has 0 aromatic heterocycles. The van der Waals surface area contributed by atoms with Crippen molar-refractivity contribution < 1.29 is 0 Å². The molecule has 0 radical (unpaired) electrons. The van der Waals surface area contributed by atoms with Gasteiger partial charge in [-0.2, -0.15) is 0 Å². The highest BCUT2D eigenvalue weighted by molar-refractivity contribution is 4.88. The average molecular weight is 113 g/mol. The summed E-state index contributed by atoms with van der Waals surface area (Å²) in [7, 11) is 1.95. The fraction of sp³-hybridized carbons (Fsp3) is 0.714. The molecular formula is C7H15N. The van der Waals surface area contributed by atoms with Crippen LogP contribution in [0.2, 0.25) is 0 Å². The van der Waals surface area contributed by atoms with Gasteiger partial charge in [-0.1, -0.05) is 19.9 Å². The summed E-state index contributed by atoms with van der Waals surface area (Å²) >= 11 is 0. The Balaban J connectivity index is 3.53. The molecule has 48 valence electrons. The number of hydrogen-bond donors (Lipinski definition) is 1. The van der Waals surface area contributed by atoms with E-state index in [0.29, 0.717) is 0 Å². The summed E-state index contributed by atoms with van der Waals surface area (Å²) in [6, 6.07) is 0. The van der Waals surface area contributed by atoms with E-state index in [9.17, 15) is 0 Å². The van der Waals surface area contributed by atoms with Crippen molar-refractivity contribution in [3.05, 3.63) is 12.7 Å². The van der Waals surface area contributed by atoms with Crippen LogP contribution in [0.25, 0.3) is 0 Å². The molecular weight excluding hydrogens is 98.1 g/mol. The summed E-state index contributed by atoms with van der Waals surface area (Å²) in [4.78, 5) is 0. The summed E-state index contributed by atoms with van der Waals surface area (Å²) in [6.45, 7) is 9.01. The Hall–Kier alpha value is -0.300. The van der Waals surface area contributed by atoms with E-state index in [1.807, 2.05) is 13.1 Å². The lowest BCUT2D eigenvalue weighted by Gasteiger charge is -2.17. The van der Waals surface area contributed by atoms with E-state index < -0.39 is 0 Å². The monoisotopic (exact) mass is 113 g/mol. The maximum absolute atomic E-state index is 3.71. The van der Waals surface area contributed by atoms with E-state index in [4.69, 9.17) is 0 Å². The zero-order valence-corrected chi connectivity index (χ0v) is 5.99. The van der Waals surface area contributed by atoms with Crippen LogP contribution in [-0.4, -0.2) is 13.6 Å². The van der Waals surface area contributed by atoms with Crippen LogP contribution in [-0.2, 0) is 0 Å². The van der Waals surface area contributed by atoms with Crippen LogP contribution >= 0.6 is 0 Å². The molecule has 1 N–H and O–H groups in total. The molecule has 0 rings (SSSR count). The molecule has 0 bridgehead atoms. The van der Waals surface area contributed by atoms with Gasteiger partial charge in [-0.05, 0) is 12.5 Å². The van der Waals surface area contributed by atoms with Crippen molar-refractivity contribution in [2.45, 2.75) is 13.8 Å². The fourth-order valence-corrected chi connectivity index (χ4v) is 0.528. The lowest BCUT2D eigenvalue weighted by atomic mass is 9.94. The first kappa shape index (κ1) is 7.70. The van der Waals surface area contributed by atoms with Gasteiger partial charge in [-0.3, -0.25) is 0 Å². The molecule has 0 aliphatic carbocycles. The Morgan fingerprint density at radius 3 is 2.25 bits per heavy atom. The highest BCUT2D eigenvalue weighted by atomic mass is 14.8. The molecule has 0 saturated heterocycles. The third-order valence-corrected chi connectivity index (χ3v) is 1.18. The Labute approximate surface area is 51.8 Å². The highest BCUT2D eigenvalue weighted by Gasteiger charge is 2.09. The first-order valence-electron chi connectivity index (χ1n) is 2.90. The Morgan fingerprint density at radius 2 is 2.12 bits per heavy atom. The van der Waals surface area contributed by atoms with Crippen LogP contribution in [0.4, 0.5) is 0 Å². The van der Waals surface area contributed by atoms with Crippen molar-refractivity contribution in [1.82, 2.24) is 5.32 Å². The third kappa shape index (κ3) is 2.80.